The predicted molar refractivity (Wildman–Crippen MR) is 106 cm³/mol. The highest BCUT2D eigenvalue weighted by molar-refractivity contribution is 9.11. The summed E-state index contributed by atoms with van der Waals surface area (Å²) in [6, 6.07) is 9.01. The van der Waals surface area contributed by atoms with Crippen molar-refractivity contribution in [2.24, 2.45) is 0 Å². The van der Waals surface area contributed by atoms with E-state index in [4.69, 9.17) is 0 Å². The number of nitrogens with one attached hydrogen (secondary N) is 1. The summed E-state index contributed by atoms with van der Waals surface area (Å²) < 4.78 is 2.48. The quantitative estimate of drug-likeness (QED) is 0.647. The van der Waals surface area contributed by atoms with Gasteiger partial charge in [0, 0.05) is 12.7 Å². The van der Waals surface area contributed by atoms with E-state index in [1.165, 1.54) is 16.2 Å². The summed E-state index contributed by atoms with van der Waals surface area (Å²) in [4.78, 5) is 26.7. The third-order valence-corrected chi connectivity index (χ3v) is 5.47. The van der Waals surface area contributed by atoms with Gasteiger partial charge >= 0.3 is 0 Å². The van der Waals surface area contributed by atoms with Crippen molar-refractivity contribution in [2.75, 3.05) is 18.9 Å². The van der Waals surface area contributed by atoms with Crippen molar-refractivity contribution in [1.29, 1.82) is 0 Å². The Balaban J connectivity index is 1.69. The van der Waals surface area contributed by atoms with Gasteiger partial charge in [0.05, 0.1) is 20.9 Å². The van der Waals surface area contributed by atoms with Crippen molar-refractivity contribution in [3.8, 4) is 5.69 Å². The number of anilines is 1. The lowest BCUT2D eigenvalue weighted by Gasteiger charge is -2.16. The van der Waals surface area contributed by atoms with Crippen molar-refractivity contribution >= 4 is 44.8 Å². The predicted octanol–water partition coefficient (Wildman–Crippen LogP) is 2.81. The molecule has 3 aromatic rings. The zero-order valence-corrected chi connectivity index (χ0v) is 17.3. The number of carbonyl (C=O) groups is 2. The molecule has 0 saturated carbocycles. The maximum Gasteiger partial charge on any atom is 0.264 e. The lowest BCUT2D eigenvalue weighted by atomic mass is 10.1. The van der Waals surface area contributed by atoms with E-state index in [1.54, 1.807) is 42.9 Å². The molecule has 0 aliphatic heterocycles. The number of hydrogen-bond donors (Lipinski definition) is 1. The van der Waals surface area contributed by atoms with Crippen LogP contribution in [0.1, 0.15) is 21.1 Å². The summed E-state index contributed by atoms with van der Waals surface area (Å²) in [5.74, 6) is 0.161. The number of halogens is 1. The first-order valence-electron chi connectivity index (χ1n) is 8.02. The van der Waals surface area contributed by atoms with Gasteiger partial charge in [-0.2, -0.15) is 4.68 Å². The Labute approximate surface area is 168 Å². The zero-order valence-electron chi connectivity index (χ0n) is 14.9. The molecular formula is C17H17BrN6O2S. The fraction of sp³-hybridized carbons (Fsp3) is 0.235. The molecule has 0 saturated heterocycles. The molecule has 10 heteroatoms. The van der Waals surface area contributed by atoms with Crippen LogP contribution in [0.15, 0.2) is 34.1 Å². The topological polar surface area (TPSA) is 93.0 Å². The van der Waals surface area contributed by atoms with Crippen LogP contribution < -0.4 is 5.32 Å². The number of rotatable bonds is 5. The molecule has 140 valence electrons. The lowest BCUT2D eigenvalue weighted by Crippen LogP contribution is -2.34. The average Bonchev–Trinajstić information content (AvgIpc) is 3.24. The van der Waals surface area contributed by atoms with E-state index >= 15 is 0 Å². The van der Waals surface area contributed by atoms with Crippen LogP contribution in [0.4, 0.5) is 5.69 Å². The van der Waals surface area contributed by atoms with E-state index in [2.05, 4.69) is 36.8 Å². The summed E-state index contributed by atoms with van der Waals surface area (Å²) in [5.41, 5.74) is 2.36. The van der Waals surface area contributed by atoms with Gasteiger partial charge in [0.25, 0.3) is 5.91 Å². The Kier molecular flexibility index (Phi) is 5.66. The van der Waals surface area contributed by atoms with Crippen LogP contribution in [-0.2, 0) is 4.79 Å². The molecule has 2 amide bonds. The molecule has 1 N–H and O–H groups in total. The number of nitrogens with zero attached hydrogens (tertiary/aromatic N) is 5. The summed E-state index contributed by atoms with van der Waals surface area (Å²) in [5, 5.41) is 14.3. The Bertz CT molecular complexity index is 999. The summed E-state index contributed by atoms with van der Waals surface area (Å²) in [6.07, 6.45) is 0. The molecule has 0 bridgehead atoms. The van der Waals surface area contributed by atoms with Crippen molar-refractivity contribution in [2.45, 2.75) is 13.8 Å². The number of thiophene rings is 1. The fourth-order valence-corrected chi connectivity index (χ4v) is 3.86. The van der Waals surface area contributed by atoms with E-state index in [0.29, 0.717) is 16.4 Å². The minimum atomic E-state index is -0.287. The lowest BCUT2D eigenvalue weighted by molar-refractivity contribution is -0.116. The molecule has 3 rings (SSSR count). The molecular weight excluding hydrogens is 432 g/mol. The van der Waals surface area contributed by atoms with Crippen LogP contribution in [-0.4, -0.2) is 50.5 Å². The van der Waals surface area contributed by atoms with Gasteiger partial charge in [-0.1, -0.05) is 6.07 Å². The number of carbonyl (C=O) groups excluding carboxylic acids is 2. The number of amides is 2. The largest absolute Gasteiger partial charge is 0.332 e. The Morgan fingerprint density at radius 1 is 1.26 bits per heavy atom. The highest BCUT2D eigenvalue weighted by atomic mass is 79.9. The first kappa shape index (κ1) is 19.2. The van der Waals surface area contributed by atoms with E-state index in [1.807, 2.05) is 13.0 Å². The number of tetrazole rings is 1. The molecule has 0 atom stereocenters. The monoisotopic (exact) mass is 448 g/mol. The normalized spacial score (nSPS) is 10.7. The molecule has 0 aliphatic rings. The van der Waals surface area contributed by atoms with E-state index in [9.17, 15) is 9.59 Å². The first-order chi connectivity index (χ1) is 12.8. The van der Waals surface area contributed by atoms with Crippen molar-refractivity contribution in [3.05, 3.63) is 50.4 Å². The minimum Gasteiger partial charge on any atom is -0.332 e. The SMILES string of the molecule is Cc1ccc(NC(=O)CN(C)C(=O)c2ccc(Br)s2)cc1-n1nnnc1C. The zero-order chi connectivity index (χ0) is 19.6. The van der Waals surface area contributed by atoms with Gasteiger partial charge in [-0.05, 0) is 70.0 Å². The summed E-state index contributed by atoms with van der Waals surface area (Å²) in [7, 11) is 1.60. The number of hydrogen-bond acceptors (Lipinski definition) is 6. The first-order valence-corrected chi connectivity index (χ1v) is 9.63. The van der Waals surface area contributed by atoms with Gasteiger partial charge in [-0.25, -0.2) is 0 Å². The number of benzene rings is 1. The number of likely N-dealkylation sites (N-methyl/N-ethyl adjacent to an activating group) is 1. The second-order valence-corrected chi connectivity index (χ2v) is 8.42. The molecule has 0 radical (unpaired) electrons. The molecule has 1 aromatic carbocycles. The smallest absolute Gasteiger partial charge is 0.264 e. The van der Waals surface area contributed by atoms with Gasteiger partial charge in [0.15, 0.2) is 5.82 Å². The Morgan fingerprint density at radius 3 is 2.67 bits per heavy atom. The minimum absolute atomic E-state index is 0.0541. The van der Waals surface area contributed by atoms with Crippen LogP contribution in [0, 0.1) is 13.8 Å². The molecule has 8 nitrogen and oxygen atoms in total. The second kappa shape index (κ2) is 7.97. The fourth-order valence-electron chi connectivity index (χ4n) is 2.47. The van der Waals surface area contributed by atoms with E-state index < -0.39 is 0 Å². The van der Waals surface area contributed by atoms with Crippen LogP contribution in [0.2, 0.25) is 0 Å². The van der Waals surface area contributed by atoms with Gasteiger partial charge in [-0.3, -0.25) is 9.59 Å². The molecule has 0 fully saturated rings. The third-order valence-electron chi connectivity index (χ3n) is 3.86. The summed E-state index contributed by atoms with van der Waals surface area (Å²) in [6.45, 7) is 3.68. The standard InChI is InChI=1S/C17H17BrN6O2S/c1-10-4-5-12(8-13(10)24-11(2)20-21-22-24)19-16(25)9-23(3)17(26)14-6-7-15(18)27-14/h4-8H,9H2,1-3H3,(H,19,25). The van der Waals surface area contributed by atoms with Gasteiger partial charge < -0.3 is 10.2 Å². The van der Waals surface area contributed by atoms with Crippen molar-refractivity contribution in [3.63, 3.8) is 0 Å². The average molecular weight is 449 g/mol. The molecule has 27 heavy (non-hydrogen) atoms. The maximum atomic E-state index is 12.4. The third kappa shape index (κ3) is 4.40. The van der Waals surface area contributed by atoms with Gasteiger partial charge in [0.2, 0.25) is 5.91 Å². The van der Waals surface area contributed by atoms with Crippen LogP contribution >= 0.6 is 27.3 Å². The second-order valence-electron chi connectivity index (χ2n) is 5.95. The molecule has 2 aromatic heterocycles. The van der Waals surface area contributed by atoms with Crippen molar-refractivity contribution in [1.82, 2.24) is 25.1 Å². The molecule has 0 unspecified atom stereocenters. The van der Waals surface area contributed by atoms with Crippen LogP contribution in [0.3, 0.4) is 0 Å². The number of aryl methyl sites for hydroxylation is 2. The number of aromatic nitrogens is 4. The Morgan fingerprint density at radius 2 is 2.04 bits per heavy atom. The van der Waals surface area contributed by atoms with Crippen LogP contribution in [0.25, 0.3) is 5.69 Å². The molecule has 0 aliphatic carbocycles. The van der Waals surface area contributed by atoms with Gasteiger partial charge in [-0.15, -0.1) is 16.4 Å². The molecule has 0 spiro atoms. The van der Waals surface area contributed by atoms with E-state index in [0.717, 1.165) is 15.0 Å². The molecule has 2 heterocycles. The summed E-state index contributed by atoms with van der Waals surface area (Å²) >= 11 is 4.66. The highest BCUT2D eigenvalue weighted by Gasteiger charge is 2.17. The highest BCUT2D eigenvalue weighted by Crippen LogP contribution is 2.23. The van der Waals surface area contributed by atoms with Gasteiger partial charge in [0.1, 0.15) is 0 Å². The van der Waals surface area contributed by atoms with Crippen molar-refractivity contribution < 1.29 is 9.59 Å². The van der Waals surface area contributed by atoms with E-state index in [-0.39, 0.29) is 18.4 Å². The van der Waals surface area contributed by atoms with Crippen LogP contribution in [0.5, 0.6) is 0 Å². The maximum absolute atomic E-state index is 12.4. The Hall–Kier alpha value is -2.59.